The van der Waals surface area contributed by atoms with Gasteiger partial charge >= 0.3 is 6.09 Å². The molecule has 0 aromatic carbocycles. The molecule has 1 saturated carbocycles. The zero-order valence-corrected chi connectivity index (χ0v) is 12.2. The van der Waals surface area contributed by atoms with E-state index in [2.05, 4.69) is 6.92 Å². The Morgan fingerprint density at radius 3 is 2.35 bits per heavy atom. The Bertz CT molecular complexity index is 379. The maximum absolute atomic E-state index is 11.8. The molecule has 0 radical (unpaired) electrons. The summed E-state index contributed by atoms with van der Waals surface area (Å²) in [6, 6.07) is 0. The summed E-state index contributed by atoms with van der Waals surface area (Å²) < 4.78 is 5.19. The third kappa shape index (κ3) is 3.58. The van der Waals surface area contributed by atoms with Crippen molar-refractivity contribution in [2.45, 2.75) is 51.9 Å². The predicted octanol–water partition coefficient (Wildman–Crippen LogP) is 2.33. The van der Waals surface area contributed by atoms with E-state index in [1.165, 1.54) is 0 Å². The second-order valence-electron chi connectivity index (χ2n) is 6.06. The molecule has 0 aromatic heterocycles. The first-order chi connectivity index (χ1) is 9.54. The molecule has 5 nitrogen and oxygen atoms in total. The summed E-state index contributed by atoms with van der Waals surface area (Å²) in [5.41, 5.74) is -0.188. The molecular formula is C15H23NO4. The van der Waals surface area contributed by atoms with Gasteiger partial charge in [-0.1, -0.05) is 13.3 Å². The van der Waals surface area contributed by atoms with Crippen LogP contribution in [-0.4, -0.2) is 42.3 Å². The molecule has 1 spiro atoms. The van der Waals surface area contributed by atoms with E-state index in [1.54, 1.807) is 4.90 Å². The molecule has 0 aromatic rings. The number of unbranched alkanes of at least 4 members (excludes halogenated alkanes) is 1. The number of carbonyl (C=O) groups is 3. The van der Waals surface area contributed by atoms with Gasteiger partial charge in [0, 0.05) is 25.9 Å². The minimum Gasteiger partial charge on any atom is -0.449 e. The van der Waals surface area contributed by atoms with Crippen LogP contribution in [0.3, 0.4) is 0 Å². The Morgan fingerprint density at radius 2 is 1.80 bits per heavy atom. The molecule has 1 aliphatic heterocycles. The van der Waals surface area contributed by atoms with E-state index in [0.717, 1.165) is 25.7 Å². The first-order valence-electron chi connectivity index (χ1n) is 7.50. The van der Waals surface area contributed by atoms with Crippen molar-refractivity contribution >= 4 is 17.7 Å². The quantitative estimate of drug-likeness (QED) is 0.588. The van der Waals surface area contributed by atoms with Crippen LogP contribution in [0.5, 0.6) is 0 Å². The Kier molecular flexibility index (Phi) is 4.78. The summed E-state index contributed by atoms with van der Waals surface area (Å²) in [5, 5.41) is 0. The van der Waals surface area contributed by atoms with Crippen molar-refractivity contribution in [3.05, 3.63) is 0 Å². The van der Waals surface area contributed by atoms with Crippen molar-refractivity contribution in [1.29, 1.82) is 0 Å². The third-order valence-corrected chi connectivity index (χ3v) is 4.34. The summed E-state index contributed by atoms with van der Waals surface area (Å²) in [6.45, 7) is 3.70. The molecule has 112 valence electrons. The van der Waals surface area contributed by atoms with Gasteiger partial charge in [0.2, 0.25) is 0 Å². The van der Waals surface area contributed by atoms with Crippen molar-refractivity contribution in [3.63, 3.8) is 0 Å². The standard InChI is InChI=1S/C15H23NO4/c1-2-3-8-20-14(19)16-6-4-15(5-7-16)10-12(17)9-13(18)11-15/h2-11H2,1H3. The van der Waals surface area contributed by atoms with Gasteiger partial charge in [-0.05, 0) is 24.7 Å². The average Bonchev–Trinajstić information content (AvgIpc) is 2.38. The van der Waals surface area contributed by atoms with Gasteiger partial charge in [0.05, 0.1) is 13.0 Å². The summed E-state index contributed by atoms with van der Waals surface area (Å²) >= 11 is 0. The van der Waals surface area contributed by atoms with Crippen molar-refractivity contribution < 1.29 is 19.1 Å². The molecule has 2 rings (SSSR count). The lowest BCUT2D eigenvalue weighted by Crippen LogP contribution is -2.46. The first kappa shape index (κ1) is 15.0. The lowest BCUT2D eigenvalue weighted by atomic mass is 9.67. The topological polar surface area (TPSA) is 63.7 Å². The minimum atomic E-state index is -0.262. The van der Waals surface area contributed by atoms with Crippen LogP contribution in [0.25, 0.3) is 0 Å². The van der Waals surface area contributed by atoms with Crippen LogP contribution in [0.15, 0.2) is 0 Å². The van der Waals surface area contributed by atoms with E-state index < -0.39 is 0 Å². The molecule has 0 N–H and O–H groups in total. The van der Waals surface area contributed by atoms with Crippen molar-refractivity contribution in [3.8, 4) is 0 Å². The van der Waals surface area contributed by atoms with Crippen LogP contribution in [-0.2, 0) is 14.3 Å². The molecule has 0 atom stereocenters. The second kappa shape index (κ2) is 6.37. The molecule has 20 heavy (non-hydrogen) atoms. The van der Waals surface area contributed by atoms with E-state index in [0.29, 0.717) is 32.5 Å². The van der Waals surface area contributed by atoms with Gasteiger partial charge in [0.15, 0.2) is 0 Å². The molecule has 5 heteroatoms. The minimum absolute atomic E-state index is 0.0558. The molecule has 1 heterocycles. The Morgan fingerprint density at radius 1 is 1.20 bits per heavy atom. The number of hydrogen-bond acceptors (Lipinski definition) is 4. The molecule has 1 aliphatic carbocycles. The van der Waals surface area contributed by atoms with Crippen molar-refractivity contribution in [2.75, 3.05) is 19.7 Å². The summed E-state index contributed by atoms with van der Waals surface area (Å²) in [6.07, 6.45) is 4.18. The van der Waals surface area contributed by atoms with Gasteiger partial charge in [0.1, 0.15) is 11.6 Å². The Balaban J connectivity index is 1.84. The lowest BCUT2D eigenvalue weighted by Gasteiger charge is -2.42. The maximum Gasteiger partial charge on any atom is 0.409 e. The van der Waals surface area contributed by atoms with Crippen LogP contribution in [0.2, 0.25) is 0 Å². The Labute approximate surface area is 119 Å². The number of carbonyl (C=O) groups excluding carboxylic acids is 3. The largest absolute Gasteiger partial charge is 0.449 e. The zero-order chi connectivity index (χ0) is 14.6. The van der Waals surface area contributed by atoms with Gasteiger partial charge in [-0.3, -0.25) is 9.59 Å². The van der Waals surface area contributed by atoms with Crippen LogP contribution >= 0.6 is 0 Å². The smallest absolute Gasteiger partial charge is 0.409 e. The predicted molar refractivity (Wildman–Crippen MR) is 73.4 cm³/mol. The molecule has 1 saturated heterocycles. The van der Waals surface area contributed by atoms with Crippen molar-refractivity contribution in [1.82, 2.24) is 4.90 Å². The van der Waals surface area contributed by atoms with Crippen LogP contribution in [0.1, 0.15) is 51.9 Å². The number of hydrogen-bond donors (Lipinski definition) is 0. The first-order valence-corrected chi connectivity index (χ1v) is 7.50. The second-order valence-corrected chi connectivity index (χ2v) is 6.06. The highest BCUT2D eigenvalue weighted by Crippen LogP contribution is 2.42. The number of nitrogens with zero attached hydrogens (tertiary/aromatic N) is 1. The van der Waals surface area contributed by atoms with E-state index in [4.69, 9.17) is 4.74 Å². The molecule has 2 fully saturated rings. The monoisotopic (exact) mass is 281 g/mol. The van der Waals surface area contributed by atoms with E-state index in [9.17, 15) is 14.4 Å². The molecule has 0 bridgehead atoms. The van der Waals surface area contributed by atoms with Crippen molar-refractivity contribution in [2.24, 2.45) is 5.41 Å². The number of likely N-dealkylation sites (tertiary alicyclic amines) is 1. The highest BCUT2D eigenvalue weighted by atomic mass is 16.6. The molecule has 2 aliphatic rings. The number of ether oxygens (including phenoxy) is 1. The average molecular weight is 281 g/mol. The zero-order valence-electron chi connectivity index (χ0n) is 12.2. The van der Waals surface area contributed by atoms with Gasteiger partial charge < -0.3 is 9.64 Å². The number of ketones is 2. The fourth-order valence-corrected chi connectivity index (χ4v) is 3.16. The summed E-state index contributed by atoms with van der Waals surface area (Å²) in [4.78, 5) is 36.8. The van der Waals surface area contributed by atoms with Crippen LogP contribution in [0, 0.1) is 5.41 Å². The summed E-state index contributed by atoms with van der Waals surface area (Å²) in [5.74, 6) is 0.112. The number of piperidine rings is 1. The highest BCUT2D eigenvalue weighted by Gasteiger charge is 2.42. The summed E-state index contributed by atoms with van der Waals surface area (Å²) in [7, 11) is 0. The van der Waals surface area contributed by atoms with Gasteiger partial charge in [-0.15, -0.1) is 0 Å². The van der Waals surface area contributed by atoms with Crippen LogP contribution in [0.4, 0.5) is 4.79 Å². The molecule has 1 amide bonds. The van der Waals surface area contributed by atoms with Gasteiger partial charge in [-0.25, -0.2) is 4.79 Å². The van der Waals surface area contributed by atoms with Gasteiger partial charge in [-0.2, -0.15) is 0 Å². The number of amides is 1. The SMILES string of the molecule is CCCCOC(=O)N1CCC2(CC1)CC(=O)CC(=O)C2. The highest BCUT2D eigenvalue weighted by molar-refractivity contribution is 6.02. The fraction of sp³-hybridized carbons (Fsp3) is 0.800. The normalized spacial score (nSPS) is 22.1. The maximum atomic E-state index is 11.8. The Hall–Kier alpha value is -1.39. The number of rotatable bonds is 3. The lowest BCUT2D eigenvalue weighted by molar-refractivity contribution is -0.135. The van der Waals surface area contributed by atoms with E-state index in [-0.39, 0.29) is 29.5 Å². The van der Waals surface area contributed by atoms with E-state index in [1.807, 2.05) is 0 Å². The van der Waals surface area contributed by atoms with Crippen LogP contribution < -0.4 is 0 Å². The fourth-order valence-electron chi connectivity index (χ4n) is 3.16. The molecule has 0 unspecified atom stereocenters. The van der Waals surface area contributed by atoms with Gasteiger partial charge in [0.25, 0.3) is 0 Å². The number of Topliss-reactive ketones (excluding diaryl/α,β-unsaturated/α-hetero) is 2. The van der Waals surface area contributed by atoms with E-state index >= 15 is 0 Å². The molecular weight excluding hydrogens is 258 g/mol. The third-order valence-electron chi connectivity index (χ3n) is 4.34.